The Hall–Kier alpha value is -8.99. The molecule has 14 rings (SSSR count). The molecule has 0 N–H and O–H groups in total. The van der Waals surface area contributed by atoms with E-state index in [9.17, 15) is 0 Å². The number of para-hydroxylation sites is 2. The zero-order chi connectivity index (χ0) is 44.8. The molecule has 4 nitrogen and oxygen atoms in total. The molecule has 1 spiro atoms. The van der Waals surface area contributed by atoms with Crippen molar-refractivity contribution in [2.45, 2.75) is 5.41 Å². The standard InChI is InChI=1S/C64H40N4/c1-3-15-41(16-4-1)42-29-31-43(32-30-42)44-33-35-46(36-34-44)62-65-61(45-17-5-2-6-18-45)66-63(67-62)49-20-13-19-47(39-49)48-37-38-59-57(40-48)64(54-25-10-7-21-50(54)51-22-8-11-26-55(51)64)56-27-14-24-53-52-23-9-12-28-58(52)68(59)60(53)56/h1-40H. The normalized spacial score (nSPS) is 12.8. The lowest BCUT2D eigenvalue weighted by Crippen LogP contribution is -2.33. The van der Waals surface area contributed by atoms with E-state index in [0.717, 1.165) is 38.9 Å². The van der Waals surface area contributed by atoms with Gasteiger partial charge in [-0.15, -0.1) is 0 Å². The second-order valence-electron chi connectivity index (χ2n) is 17.9. The van der Waals surface area contributed by atoms with Crippen LogP contribution in [0, 0.1) is 0 Å². The summed E-state index contributed by atoms with van der Waals surface area (Å²) in [4.78, 5) is 15.4. The number of aromatic nitrogens is 4. The summed E-state index contributed by atoms with van der Waals surface area (Å²) in [6, 6.07) is 87.6. The molecule has 0 fully saturated rings. The summed E-state index contributed by atoms with van der Waals surface area (Å²) in [6.45, 7) is 0. The Morgan fingerprint density at radius 3 is 1.37 bits per heavy atom. The van der Waals surface area contributed by atoms with Crippen molar-refractivity contribution in [1.29, 1.82) is 0 Å². The van der Waals surface area contributed by atoms with Crippen LogP contribution in [0.3, 0.4) is 0 Å². The predicted octanol–water partition coefficient (Wildman–Crippen LogP) is 15.6. The van der Waals surface area contributed by atoms with Gasteiger partial charge in [0.1, 0.15) is 0 Å². The zero-order valence-electron chi connectivity index (χ0n) is 36.9. The molecule has 12 aromatic rings. The fourth-order valence-electron chi connectivity index (χ4n) is 11.2. The number of fused-ring (bicyclic) bond motifs is 12. The molecule has 0 unspecified atom stereocenters. The van der Waals surface area contributed by atoms with Crippen LogP contribution in [0.5, 0.6) is 0 Å². The van der Waals surface area contributed by atoms with Gasteiger partial charge in [0, 0.05) is 27.5 Å². The maximum absolute atomic E-state index is 5.20. The molecular formula is C64H40N4. The van der Waals surface area contributed by atoms with Crippen molar-refractivity contribution < 1.29 is 0 Å². The molecule has 2 aromatic heterocycles. The van der Waals surface area contributed by atoms with Crippen molar-refractivity contribution in [3.63, 3.8) is 0 Å². The summed E-state index contributed by atoms with van der Waals surface area (Å²) in [6.07, 6.45) is 0. The minimum Gasteiger partial charge on any atom is -0.309 e. The Bertz CT molecular complexity index is 3900. The monoisotopic (exact) mass is 864 g/mol. The minimum absolute atomic E-state index is 0.533. The highest BCUT2D eigenvalue weighted by molar-refractivity contribution is 6.13. The first kappa shape index (κ1) is 38.3. The third-order valence-electron chi connectivity index (χ3n) is 14.3. The molecule has 0 saturated carbocycles. The van der Waals surface area contributed by atoms with Crippen molar-refractivity contribution in [2.24, 2.45) is 0 Å². The number of benzene rings is 10. The molecule has 0 bridgehead atoms. The van der Waals surface area contributed by atoms with E-state index in [1.165, 1.54) is 72.0 Å². The molecule has 316 valence electrons. The van der Waals surface area contributed by atoms with E-state index < -0.39 is 5.41 Å². The van der Waals surface area contributed by atoms with E-state index in [0.29, 0.717) is 17.5 Å². The lowest BCUT2D eigenvalue weighted by Gasteiger charge is -2.40. The number of nitrogens with zero attached hydrogens (tertiary/aromatic N) is 4. The summed E-state index contributed by atoms with van der Waals surface area (Å²) in [5.74, 6) is 1.89. The van der Waals surface area contributed by atoms with E-state index in [4.69, 9.17) is 15.0 Å². The molecule has 0 amide bonds. The van der Waals surface area contributed by atoms with Crippen LogP contribution < -0.4 is 0 Å². The highest BCUT2D eigenvalue weighted by Crippen LogP contribution is 2.61. The lowest BCUT2D eigenvalue weighted by atomic mass is 9.65. The van der Waals surface area contributed by atoms with Gasteiger partial charge in [-0.2, -0.15) is 0 Å². The lowest BCUT2D eigenvalue weighted by molar-refractivity contribution is 0.749. The molecular weight excluding hydrogens is 825 g/mol. The molecule has 0 saturated heterocycles. The van der Waals surface area contributed by atoms with Crippen molar-refractivity contribution >= 4 is 21.8 Å². The van der Waals surface area contributed by atoms with Crippen LogP contribution in [0.4, 0.5) is 0 Å². The molecule has 68 heavy (non-hydrogen) atoms. The SMILES string of the molecule is c1ccc(-c2ccc(-c3ccc(-c4nc(-c5ccccc5)nc(-c5cccc(-c6ccc7c(c6)C6(c8ccccc8-c8ccccc86)c6cccc8c9ccccc9n-7c68)c5)n4)cc3)cc2)cc1. The van der Waals surface area contributed by atoms with Crippen LogP contribution in [-0.4, -0.2) is 19.5 Å². The molecule has 3 heterocycles. The fourth-order valence-corrected chi connectivity index (χ4v) is 11.2. The van der Waals surface area contributed by atoms with Crippen LogP contribution in [0.15, 0.2) is 243 Å². The van der Waals surface area contributed by atoms with Gasteiger partial charge >= 0.3 is 0 Å². The summed E-state index contributed by atoms with van der Waals surface area (Å²) in [7, 11) is 0. The topological polar surface area (TPSA) is 43.6 Å². The highest BCUT2D eigenvalue weighted by atomic mass is 15.0. The van der Waals surface area contributed by atoms with E-state index in [-0.39, 0.29) is 0 Å². The maximum Gasteiger partial charge on any atom is 0.164 e. The third kappa shape index (κ3) is 5.71. The first-order chi connectivity index (χ1) is 33.7. The third-order valence-corrected chi connectivity index (χ3v) is 14.3. The van der Waals surface area contributed by atoms with Gasteiger partial charge in [-0.1, -0.05) is 218 Å². The van der Waals surface area contributed by atoms with E-state index in [1.807, 2.05) is 24.3 Å². The summed E-state index contributed by atoms with van der Waals surface area (Å²) < 4.78 is 2.51. The van der Waals surface area contributed by atoms with Gasteiger partial charge in [0.2, 0.25) is 0 Å². The van der Waals surface area contributed by atoms with Crippen LogP contribution in [0.2, 0.25) is 0 Å². The summed E-state index contributed by atoms with van der Waals surface area (Å²) in [5, 5.41) is 2.54. The number of hydrogen-bond acceptors (Lipinski definition) is 3. The average Bonchev–Trinajstić information content (AvgIpc) is 3.92. The molecule has 0 atom stereocenters. The van der Waals surface area contributed by atoms with Crippen LogP contribution in [-0.2, 0) is 5.41 Å². The fraction of sp³-hybridized carbons (Fsp3) is 0.0156. The first-order valence-corrected chi connectivity index (χ1v) is 23.3. The van der Waals surface area contributed by atoms with Gasteiger partial charge in [-0.25, -0.2) is 15.0 Å². The van der Waals surface area contributed by atoms with Gasteiger partial charge in [-0.05, 0) is 91.0 Å². The molecule has 0 radical (unpaired) electrons. The second-order valence-corrected chi connectivity index (χ2v) is 17.9. The number of hydrogen-bond donors (Lipinski definition) is 0. The molecule has 2 aliphatic rings. The molecule has 4 heteroatoms. The largest absolute Gasteiger partial charge is 0.309 e. The molecule has 1 aliphatic carbocycles. The quantitative estimate of drug-likeness (QED) is 0.167. The Morgan fingerprint density at radius 1 is 0.279 bits per heavy atom. The summed E-state index contributed by atoms with van der Waals surface area (Å²) in [5.41, 5.74) is 20.6. The maximum atomic E-state index is 5.20. The zero-order valence-corrected chi connectivity index (χ0v) is 36.9. The van der Waals surface area contributed by atoms with Gasteiger partial charge in [-0.3, -0.25) is 0 Å². The Morgan fingerprint density at radius 2 is 0.706 bits per heavy atom. The van der Waals surface area contributed by atoms with E-state index in [2.05, 4.69) is 223 Å². The smallest absolute Gasteiger partial charge is 0.164 e. The van der Waals surface area contributed by atoms with Crippen LogP contribution >= 0.6 is 0 Å². The minimum atomic E-state index is -0.533. The van der Waals surface area contributed by atoms with Crippen LogP contribution in [0.1, 0.15) is 22.3 Å². The van der Waals surface area contributed by atoms with E-state index >= 15 is 0 Å². The van der Waals surface area contributed by atoms with Crippen LogP contribution in [0.25, 0.3) is 106 Å². The molecule has 1 aliphatic heterocycles. The summed E-state index contributed by atoms with van der Waals surface area (Å²) >= 11 is 0. The van der Waals surface area contributed by atoms with Gasteiger partial charge in [0.05, 0.1) is 22.1 Å². The first-order valence-electron chi connectivity index (χ1n) is 23.3. The predicted molar refractivity (Wildman–Crippen MR) is 278 cm³/mol. The van der Waals surface area contributed by atoms with Gasteiger partial charge < -0.3 is 4.57 Å². The Kier molecular flexibility index (Phi) is 8.46. The van der Waals surface area contributed by atoms with Gasteiger partial charge in [0.25, 0.3) is 0 Å². The Labute approximate surface area is 394 Å². The van der Waals surface area contributed by atoms with Crippen molar-refractivity contribution in [3.05, 3.63) is 265 Å². The average molecular weight is 865 g/mol. The van der Waals surface area contributed by atoms with Gasteiger partial charge in [0.15, 0.2) is 17.5 Å². The second kappa shape index (κ2) is 15.0. The van der Waals surface area contributed by atoms with E-state index in [1.54, 1.807) is 0 Å². The van der Waals surface area contributed by atoms with Crippen molar-refractivity contribution in [1.82, 2.24) is 19.5 Å². The molecule has 10 aromatic carbocycles. The Balaban J connectivity index is 0.906. The van der Waals surface area contributed by atoms with Crippen molar-refractivity contribution in [2.75, 3.05) is 0 Å². The highest BCUT2D eigenvalue weighted by Gasteiger charge is 2.50. The number of rotatable bonds is 6. The van der Waals surface area contributed by atoms with Crippen molar-refractivity contribution in [3.8, 4) is 84.4 Å².